The van der Waals surface area contributed by atoms with E-state index < -0.39 is 0 Å². The fraction of sp³-hybridized carbons (Fsp3) is 0. The van der Waals surface area contributed by atoms with Gasteiger partial charge in [0, 0.05) is 19.3 Å². The van der Waals surface area contributed by atoms with Gasteiger partial charge in [0.2, 0.25) is 0 Å². The van der Waals surface area contributed by atoms with Crippen molar-refractivity contribution >= 4 is 50.1 Å². The first-order chi connectivity index (χ1) is 8.15. The van der Waals surface area contributed by atoms with E-state index in [-0.39, 0.29) is 5.91 Å². The molecule has 0 aliphatic carbocycles. The van der Waals surface area contributed by atoms with Crippen LogP contribution >= 0.6 is 38.5 Å². The molecule has 4 heteroatoms. The first-order valence-electron chi connectivity index (χ1n) is 4.97. The average Bonchev–Trinajstić information content (AvgIpc) is 2.32. The van der Waals surface area contributed by atoms with Crippen molar-refractivity contribution in [2.45, 2.75) is 0 Å². The van der Waals surface area contributed by atoms with Crippen LogP contribution in [0.4, 0.5) is 5.69 Å². The number of carbonyl (C=O) groups is 1. The van der Waals surface area contributed by atoms with Crippen molar-refractivity contribution in [2.75, 3.05) is 5.32 Å². The number of halogens is 2. The average molecular weight is 402 g/mol. The van der Waals surface area contributed by atoms with Crippen molar-refractivity contribution in [3.8, 4) is 0 Å². The van der Waals surface area contributed by atoms with Gasteiger partial charge >= 0.3 is 0 Å². The summed E-state index contributed by atoms with van der Waals surface area (Å²) in [7, 11) is 0. The lowest BCUT2D eigenvalue weighted by Gasteiger charge is -2.05. The van der Waals surface area contributed by atoms with Gasteiger partial charge in [-0.1, -0.05) is 22.0 Å². The van der Waals surface area contributed by atoms with E-state index in [4.69, 9.17) is 0 Å². The molecule has 1 amide bonds. The maximum atomic E-state index is 11.9. The number of carbonyl (C=O) groups excluding carboxylic acids is 1. The number of benzene rings is 2. The zero-order chi connectivity index (χ0) is 12.3. The highest BCUT2D eigenvalue weighted by Crippen LogP contribution is 2.15. The fourth-order valence-electron chi connectivity index (χ4n) is 1.37. The number of amides is 1. The third-order valence-electron chi connectivity index (χ3n) is 2.19. The molecule has 0 fully saturated rings. The molecule has 0 heterocycles. The molecule has 0 bridgehead atoms. The standard InChI is InChI=1S/C13H9BrINO/c14-10-4-6-12(7-5-10)16-13(17)9-2-1-3-11(15)8-9/h1-8H,(H,16,17). The normalized spacial score (nSPS) is 10.0. The van der Waals surface area contributed by atoms with Crippen molar-refractivity contribution in [3.05, 3.63) is 62.1 Å². The Labute approximate surface area is 122 Å². The fourth-order valence-corrected chi connectivity index (χ4v) is 2.17. The van der Waals surface area contributed by atoms with E-state index in [0.717, 1.165) is 13.7 Å². The number of nitrogens with one attached hydrogen (secondary N) is 1. The van der Waals surface area contributed by atoms with Gasteiger partial charge in [0.15, 0.2) is 0 Å². The molecule has 2 rings (SSSR count). The Morgan fingerprint density at radius 1 is 1.12 bits per heavy atom. The Hall–Kier alpha value is -0.880. The predicted molar refractivity (Wildman–Crippen MR) is 81.3 cm³/mol. The SMILES string of the molecule is O=C(Nc1ccc(Br)cc1)c1cccc(I)c1. The van der Waals surface area contributed by atoms with Gasteiger partial charge in [-0.2, -0.15) is 0 Å². The zero-order valence-corrected chi connectivity index (χ0v) is 12.5. The Bertz CT molecular complexity index is 539. The van der Waals surface area contributed by atoms with Gasteiger partial charge < -0.3 is 5.32 Å². The van der Waals surface area contributed by atoms with E-state index in [9.17, 15) is 4.79 Å². The molecule has 0 aliphatic rings. The molecule has 0 atom stereocenters. The van der Waals surface area contributed by atoms with Gasteiger partial charge in [-0.3, -0.25) is 4.79 Å². The van der Waals surface area contributed by atoms with E-state index >= 15 is 0 Å². The number of hydrogen-bond acceptors (Lipinski definition) is 1. The molecule has 0 aromatic heterocycles. The molecule has 0 saturated heterocycles. The van der Waals surface area contributed by atoms with Crippen LogP contribution < -0.4 is 5.32 Å². The molecular formula is C13H9BrINO. The lowest BCUT2D eigenvalue weighted by molar-refractivity contribution is 0.102. The third kappa shape index (κ3) is 3.54. The minimum atomic E-state index is -0.0918. The van der Waals surface area contributed by atoms with Gasteiger partial charge in [0.1, 0.15) is 0 Å². The largest absolute Gasteiger partial charge is 0.322 e. The van der Waals surface area contributed by atoms with Crippen LogP contribution in [0.1, 0.15) is 10.4 Å². The molecule has 17 heavy (non-hydrogen) atoms. The van der Waals surface area contributed by atoms with E-state index in [1.165, 1.54) is 0 Å². The Kier molecular flexibility index (Phi) is 4.17. The molecule has 2 aromatic carbocycles. The monoisotopic (exact) mass is 401 g/mol. The Morgan fingerprint density at radius 2 is 1.82 bits per heavy atom. The highest BCUT2D eigenvalue weighted by Gasteiger charge is 2.05. The number of anilines is 1. The summed E-state index contributed by atoms with van der Waals surface area (Å²) in [6.45, 7) is 0. The van der Waals surface area contributed by atoms with Crippen molar-refractivity contribution in [1.82, 2.24) is 0 Å². The molecule has 0 spiro atoms. The smallest absolute Gasteiger partial charge is 0.255 e. The molecular weight excluding hydrogens is 393 g/mol. The topological polar surface area (TPSA) is 29.1 Å². The number of hydrogen-bond donors (Lipinski definition) is 1. The molecule has 1 N–H and O–H groups in total. The first kappa shape index (κ1) is 12.6. The minimum absolute atomic E-state index is 0.0918. The highest BCUT2D eigenvalue weighted by atomic mass is 127. The summed E-state index contributed by atoms with van der Waals surface area (Å²) in [4.78, 5) is 11.9. The number of rotatable bonds is 2. The first-order valence-corrected chi connectivity index (χ1v) is 6.85. The van der Waals surface area contributed by atoms with E-state index in [2.05, 4.69) is 43.8 Å². The Balaban J connectivity index is 2.14. The quantitative estimate of drug-likeness (QED) is 0.746. The summed E-state index contributed by atoms with van der Waals surface area (Å²) in [6.07, 6.45) is 0. The molecule has 86 valence electrons. The van der Waals surface area contributed by atoms with Crippen molar-refractivity contribution in [3.63, 3.8) is 0 Å². The van der Waals surface area contributed by atoms with Crippen molar-refractivity contribution < 1.29 is 4.79 Å². The summed E-state index contributed by atoms with van der Waals surface area (Å²) in [5.74, 6) is -0.0918. The van der Waals surface area contributed by atoms with E-state index in [0.29, 0.717) is 5.56 Å². The Morgan fingerprint density at radius 3 is 2.47 bits per heavy atom. The summed E-state index contributed by atoms with van der Waals surface area (Å²) in [5, 5.41) is 2.85. The van der Waals surface area contributed by atoms with Crippen LogP contribution in [0.15, 0.2) is 53.0 Å². The summed E-state index contributed by atoms with van der Waals surface area (Å²) < 4.78 is 2.04. The van der Waals surface area contributed by atoms with Crippen LogP contribution in [-0.2, 0) is 0 Å². The second-order valence-electron chi connectivity index (χ2n) is 3.47. The molecule has 0 radical (unpaired) electrons. The van der Waals surface area contributed by atoms with Gasteiger partial charge in [0.25, 0.3) is 5.91 Å². The van der Waals surface area contributed by atoms with Gasteiger partial charge in [-0.15, -0.1) is 0 Å². The molecule has 2 nitrogen and oxygen atoms in total. The molecule has 2 aromatic rings. The maximum Gasteiger partial charge on any atom is 0.255 e. The van der Waals surface area contributed by atoms with Gasteiger partial charge in [0.05, 0.1) is 0 Å². The van der Waals surface area contributed by atoms with Crippen molar-refractivity contribution in [2.24, 2.45) is 0 Å². The third-order valence-corrected chi connectivity index (χ3v) is 3.39. The second kappa shape index (κ2) is 5.64. The summed E-state index contributed by atoms with van der Waals surface area (Å²) >= 11 is 5.54. The molecule has 0 saturated carbocycles. The van der Waals surface area contributed by atoms with E-state index in [1.807, 2.05) is 42.5 Å². The highest BCUT2D eigenvalue weighted by molar-refractivity contribution is 14.1. The molecule has 0 aliphatic heterocycles. The second-order valence-corrected chi connectivity index (χ2v) is 5.63. The van der Waals surface area contributed by atoms with Crippen LogP contribution in [0, 0.1) is 3.57 Å². The predicted octanol–water partition coefficient (Wildman–Crippen LogP) is 4.31. The van der Waals surface area contributed by atoms with Gasteiger partial charge in [-0.25, -0.2) is 0 Å². The summed E-state index contributed by atoms with van der Waals surface area (Å²) in [5.41, 5.74) is 1.46. The minimum Gasteiger partial charge on any atom is -0.322 e. The zero-order valence-electron chi connectivity index (χ0n) is 8.78. The molecule has 0 unspecified atom stereocenters. The lowest BCUT2D eigenvalue weighted by atomic mass is 10.2. The van der Waals surface area contributed by atoms with E-state index in [1.54, 1.807) is 6.07 Å². The van der Waals surface area contributed by atoms with Crippen LogP contribution in [0.25, 0.3) is 0 Å². The van der Waals surface area contributed by atoms with Crippen LogP contribution in [0.2, 0.25) is 0 Å². The van der Waals surface area contributed by atoms with Crippen LogP contribution in [0.3, 0.4) is 0 Å². The van der Waals surface area contributed by atoms with Crippen LogP contribution in [0.5, 0.6) is 0 Å². The van der Waals surface area contributed by atoms with Gasteiger partial charge in [-0.05, 0) is 65.1 Å². The summed E-state index contributed by atoms with van der Waals surface area (Å²) in [6, 6.07) is 15.0. The maximum absolute atomic E-state index is 11.9. The lowest BCUT2D eigenvalue weighted by Crippen LogP contribution is -2.11. The van der Waals surface area contributed by atoms with Crippen molar-refractivity contribution in [1.29, 1.82) is 0 Å². The van der Waals surface area contributed by atoms with Crippen LogP contribution in [-0.4, -0.2) is 5.91 Å².